The molecule has 0 fully saturated rings. The van der Waals surface area contributed by atoms with E-state index in [2.05, 4.69) is 25.2 Å². The van der Waals surface area contributed by atoms with E-state index in [1.165, 1.54) is 13.3 Å². The van der Waals surface area contributed by atoms with Gasteiger partial charge in [0.15, 0.2) is 18.2 Å². The second kappa shape index (κ2) is 7.04. The molecule has 2 heterocycles. The van der Waals surface area contributed by atoms with Crippen LogP contribution in [0.5, 0.6) is 0 Å². The third-order valence-electron chi connectivity index (χ3n) is 2.62. The number of esters is 1. The Morgan fingerprint density at radius 1 is 1.29 bits per heavy atom. The van der Waals surface area contributed by atoms with Crippen LogP contribution in [0.2, 0.25) is 0 Å². The summed E-state index contributed by atoms with van der Waals surface area (Å²) in [4.78, 5) is 26.6. The van der Waals surface area contributed by atoms with Gasteiger partial charge in [-0.2, -0.15) is 9.67 Å². The Kier molecular flexibility index (Phi) is 4.86. The second-order valence-corrected chi connectivity index (χ2v) is 4.08. The summed E-state index contributed by atoms with van der Waals surface area (Å²) in [5, 5.41) is 10.1. The first kappa shape index (κ1) is 14.5. The largest absolute Gasteiger partial charge is 0.468 e. The van der Waals surface area contributed by atoms with Crippen molar-refractivity contribution >= 4 is 11.9 Å². The number of amides is 1. The van der Waals surface area contributed by atoms with Crippen molar-refractivity contribution in [1.29, 1.82) is 0 Å². The zero-order valence-corrected chi connectivity index (χ0v) is 11.4. The Labute approximate surface area is 120 Å². The van der Waals surface area contributed by atoms with Crippen molar-refractivity contribution in [3.8, 4) is 11.4 Å². The van der Waals surface area contributed by atoms with Gasteiger partial charge >= 0.3 is 5.97 Å². The van der Waals surface area contributed by atoms with E-state index in [9.17, 15) is 9.59 Å². The van der Waals surface area contributed by atoms with Gasteiger partial charge in [-0.3, -0.25) is 9.59 Å². The van der Waals surface area contributed by atoms with Gasteiger partial charge in [0.25, 0.3) is 5.91 Å². The molecular weight excluding hydrogens is 274 g/mol. The highest BCUT2D eigenvalue weighted by atomic mass is 16.5. The summed E-state index contributed by atoms with van der Waals surface area (Å²) in [7, 11) is 1.27. The van der Waals surface area contributed by atoms with Crippen molar-refractivity contribution in [3.05, 3.63) is 36.9 Å². The zero-order chi connectivity index (χ0) is 15.1. The first-order valence-electron chi connectivity index (χ1n) is 6.15. The van der Waals surface area contributed by atoms with Gasteiger partial charge in [0.1, 0.15) is 6.54 Å². The molecule has 0 saturated heterocycles. The maximum atomic E-state index is 11.6. The molecule has 21 heavy (non-hydrogen) atoms. The van der Waals surface area contributed by atoms with Crippen molar-refractivity contribution in [2.75, 3.05) is 13.7 Å². The van der Waals surface area contributed by atoms with Crippen LogP contribution < -0.4 is 9.88 Å². The Morgan fingerprint density at radius 2 is 2.05 bits per heavy atom. The number of rotatable bonds is 5. The summed E-state index contributed by atoms with van der Waals surface area (Å²) in [6.45, 7) is -0.0390. The molecule has 8 nitrogen and oxygen atoms in total. The van der Waals surface area contributed by atoms with E-state index >= 15 is 0 Å². The van der Waals surface area contributed by atoms with Crippen LogP contribution in [0.3, 0.4) is 0 Å². The molecule has 8 heteroatoms. The number of nitrogens with zero attached hydrogens (tertiary/aromatic N) is 4. The predicted molar refractivity (Wildman–Crippen MR) is 70.5 cm³/mol. The molecule has 0 aliphatic carbocycles. The number of carbonyl (C=O) groups is 2. The monoisotopic (exact) mass is 288 g/mol. The number of aromatic nitrogens is 4. The lowest BCUT2D eigenvalue weighted by atomic mass is 10.2. The molecule has 0 atom stereocenters. The zero-order valence-electron chi connectivity index (χ0n) is 11.4. The third kappa shape index (κ3) is 4.30. The van der Waals surface area contributed by atoms with E-state index in [1.807, 2.05) is 0 Å². The molecule has 1 N–H and O–H groups in total. The van der Waals surface area contributed by atoms with Gasteiger partial charge in [-0.1, -0.05) is 0 Å². The first-order chi connectivity index (χ1) is 10.2. The lowest BCUT2D eigenvalue weighted by Crippen LogP contribution is -2.43. The number of hydrogen-bond donors (Lipinski definition) is 1. The number of pyridine rings is 1. The van der Waals surface area contributed by atoms with E-state index in [-0.39, 0.29) is 19.0 Å². The van der Waals surface area contributed by atoms with Crippen molar-refractivity contribution in [2.24, 2.45) is 0 Å². The van der Waals surface area contributed by atoms with Crippen LogP contribution >= 0.6 is 0 Å². The van der Waals surface area contributed by atoms with Crippen molar-refractivity contribution in [1.82, 2.24) is 20.5 Å². The molecule has 2 aromatic rings. The van der Waals surface area contributed by atoms with Crippen molar-refractivity contribution < 1.29 is 18.9 Å². The van der Waals surface area contributed by atoms with Gasteiger partial charge in [0.2, 0.25) is 6.54 Å². The number of ether oxygens (including phenoxy) is 1. The number of nitrogens with one attached hydrogen (secondary N) is 1. The lowest BCUT2D eigenvalue weighted by Gasteiger charge is -2.02. The normalized spacial score (nSPS) is 9.95. The quantitative estimate of drug-likeness (QED) is 0.566. The van der Waals surface area contributed by atoms with Crippen molar-refractivity contribution in [2.45, 2.75) is 6.54 Å². The minimum Gasteiger partial charge on any atom is -0.468 e. The molecule has 0 aliphatic rings. The highest BCUT2D eigenvalue weighted by Gasteiger charge is 2.11. The maximum absolute atomic E-state index is 11.6. The minimum absolute atomic E-state index is 0.102. The topological polar surface area (TPSA) is 98.0 Å². The minimum atomic E-state index is -0.488. The molecule has 2 aromatic heterocycles. The fourth-order valence-corrected chi connectivity index (χ4v) is 1.56. The lowest BCUT2D eigenvalue weighted by molar-refractivity contribution is -0.684. The molecule has 2 rings (SSSR count). The van der Waals surface area contributed by atoms with E-state index < -0.39 is 5.97 Å². The second-order valence-electron chi connectivity index (χ2n) is 4.08. The molecular formula is C13H14N5O3+. The summed E-state index contributed by atoms with van der Waals surface area (Å²) >= 11 is 0. The molecule has 108 valence electrons. The van der Waals surface area contributed by atoms with E-state index in [1.54, 1.807) is 35.3 Å². The molecule has 0 spiro atoms. The summed E-state index contributed by atoms with van der Waals surface area (Å²) in [5.74, 6) is -0.256. The SMILES string of the molecule is COC(=O)CNC(=O)C[n+]1ccc(-c2nccnn2)cc1. The Bertz CT molecular complexity index is 615. The van der Waals surface area contributed by atoms with Gasteiger partial charge in [-0.25, -0.2) is 4.98 Å². The van der Waals surface area contributed by atoms with Crippen molar-refractivity contribution in [3.63, 3.8) is 0 Å². The van der Waals surface area contributed by atoms with Crippen LogP contribution in [0.25, 0.3) is 11.4 Å². The van der Waals surface area contributed by atoms with Crippen LogP contribution in [0.1, 0.15) is 0 Å². The third-order valence-corrected chi connectivity index (χ3v) is 2.62. The molecule has 0 saturated carbocycles. The Morgan fingerprint density at radius 3 is 2.67 bits per heavy atom. The summed E-state index contributed by atoms with van der Waals surface area (Å²) in [6.07, 6.45) is 6.51. The molecule has 0 bridgehead atoms. The average Bonchev–Trinajstić information content (AvgIpc) is 2.54. The number of hydrogen-bond acceptors (Lipinski definition) is 6. The number of carbonyl (C=O) groups excluding carboxylic acids is 2. The fourth-order valence-electron chi connectivity index (χ4n) is 1.56. The summed E-state index contributed by atoms with van der Waals surface area (Å²) < 4.78 is 6.11. The van der Waals surface area contributed by atoms with Gasteiger partial charge < -0.3 is 10.1 Å². The molecule has 1 amide bonds. The Hall–Kier alpha value is -2.90. The highest BCUT2D eigenvalue weighted by Crippen LogP contribution is 2.09. The first-order valence-corrected chi connectivity index (χ1v) is 6.15. The Balaban J connectivity index is 1.94. The summed E-state index contributed by atoms with van der Waals surface area (Å²) in [6, 6.07) is 3.56. The molecule has 0 aromatic carbocycles. The van der Waals surface area contributed by atoms with Gasteiger partial charge in [0.05, 0.1) is 13.3 Å². The van der Waals surface area contributed by atoms with Crippen LogP contribution in [-0.2, 0) is 20.9 Å². The molecule has 0 unspecified atom stereocenters. The van der Waals surface area contributed by atoms with Crippen LogP contribution in [0, 0.1) is 0 Å². The van der Waals surface area contributed by atoms with Crippen LogP contribution in [0.15, 0.2) is 36.9 Å². The highest BCUT2D eigenvalue weighted by molar-refractivity contribution is 5.80. The predicted octanol–water partition coefficient (Wildman–Crippen LogP) is -0.885. The van der Waals surface area contributed by atoms with Gasteiger partial charge in [-0.05, 0) is 0 Å². The van der Waals surface area contributed by atoms with Crippen LogP contribution in [-0.4, -0.2) is 40.7 Å². The molecule has 0 radical (unpaired) electrons. The summed E-state index contributed by atoms with van der Waals surface area (Å²) in [5.41, 5.74) is 0.800. The van der Waals surface area contributed by atoms with Crippen LogP contribution in [0.4, 0.5) is 0 Å². The fraction of sp³-hybridized carbons (Fsp3) is 0.231. The average molecular weight is 288 g/mol. The smallest absolute Gasteiger partial charge is 0.325 e. The maximum Gasteiger partial charge on any atom is 0.325 e. The van der Waals surface area contributed by atoms with E-state index in [0.717, 1.165) is 5.56 Å². The number of methoxy groups -OCH3 is 1. The standard InChI is InChI=1S/C13H13N5O3/c1-21-12(20)8-15-11(19)9-18-6-2-10(3-7-18)13-14-4-5-16-17-13/h2-7H,8-9H2,1H3/p+1. The van der Waals surface area contributed by atoms with E-state index in [0.29, 0.717) is 5.82 Å². The van der Waals surface area contributed by atoms with Gasteiger partial charge in [0, 0.05) is 23.9 Å². The molecule has 0 aliphatic heterocycles. The van der Waals surface area contributed by atoms with Gasteiger partial charge in [-0.15, -0.1) is 5.10 Å². The van der Waals surface area contributed by atoms with E-state index in [4.69, 9.17) is 0 Å².